The Kier molecular flexibility index (Phi) is 5.86. The lowest BCUT2D eigenvalue weighted by atomic mass is 9.97. The third kappa shape index (κ3) is 4.35. The molecular weight excluding hydrogens is 420 g/mol. The molecule has 0 bridgehead atoms. The van der Waals surface area contributed by atoms with E-state index in [-0.39, 0.29) is 25.3 Å². The molecule has 5 rings (SSSR count). The fourth-order valence-corrected chi connectivity index (χ4v) is 4.53. The number of benzene rings is 2. The summed E-state index contributed by atoms with van der Waals surface area (Å²) in [6.07, 6.45) is 4.84. The summed E-state index contributed by atoms with van der Waals surface area (Å²) in [6.45, 7) is 1.72. The standard InChI is InChI=1S/C26H26N2O5/c1-16(17-11-12-22-23(13-17)33-15-32-22)27-24(29)14-31-26(30)25-18-7-3-2-4-9-20(18)28-21-10-6-5-8-19(21)25/h5-6,8,10-13,16H,2-4,7,9,14-15H2,1H3,(H,27,29)/t16-/m1/s1. The van der Waals surface area contributed by atoms with Crippen molar-refractivity contribution in [3.63, 3.8) is 0 Å². The van der Waals surface area contributed by atoms with Gasteiger partial charge in [-0.25, -0.2) is 4.79 Å². The molecule has 0 spiro atoms. The molecule has 1 aliphatic carbocycles. The number of pyridine rings is 1. The van der Waals surface area contributed by atoms with Gasteiger partial charge >= 0.3 is 5.97 Å². The van der Waals surface area contributed by atoms with Crippen LogP contribution in [0.1, 0.15) is 59.4 Å². The Morgan fingerprint density at radius 2 is 1.88 bits per heavy atom. The predicted octanol–water partition coefficient (Wildman–Crippen LogP) is 4.27. The number of ether oxygens (including phenoxy) is 3. The molecule has 1 atom stereocenters. The Bertz CT molecular complexity index is 1220. The molecule has 2 heterocycles. The van der Waals surface area contributed by atoms with Crippen molar-refractivity contribution in [3.05, 3.63) is 64.8 Å². The van der Waals surface area contributed by atoms with Crippen LogP contribution in [0.4, 0.5) is 0 Å². The summed E-state index contributed by atoms with van der Waals surface area (Å²) in [5.74, 6) is 0.510. The molecule has 0 radical (unpaired) electrons. The van der Waals surface area contributed by atoms with Crippen LogP contribution in [0.2, 0.25) is 0 Å². The number of rotatable bonds is 5. The molecule has 2 aromatic carbocycles. The quantitative estimate of drug-likeness (QED) is 0.465. The molecule has 0 unspecified atom stereocenters. The molecule has 7 nitrogen and oxygen atoms in total. The van der Waals surface area contributed by atoms with Crippen molar-refractivity contribution in [1.29, 1.82) is 0 Å². The number of fused-ring (bicyclic) bond motifs is 3. The molecule has 2 aliphatic rings. The average molecular weight is 447 g/mol. The third-order valence-electron chi connectivity index (χ3n) is 6.23. The van der Waals surface area contributed by atoms with Gasteiger partial charge in [0.2, 0.25) is 6.79 Å². The number of carbonyl (C=O) groups is 2. The molecule has 170 valence electrons. The number of hydrogen-bond donors (Lipinski definition) is 1. The Morgan fingerprint density at radius 3 is 2.79 bits per heavy atom. The Hall–Kier alpha value is -3.61. The molecule has 0 saturated heterocycles. The number of amides is 1. The molecule has 0 fully saturated rings. The normalized spacial score (nSPS) is 15.4. The monoisotopic (exact) mass is 446 g/mol. The highest BCUT2D eigenvalue weighted by atomic mass is 16.7. The summed E-state index contributed by atoms with van der Waals surface area (Å²) in [4.78, 5) is 30.5. The molecule has 33 heavy (non-hydrogen) atoms. The predicted molar refractivity (Wildman–Crippen MR) is 122 cm³/mol. The highest BCUT2D eigenvalue weighted by molar-refractivity contribution is 6.05. The van der Waals surface area contributed by atoms with Crippen LogP contribution in [0.15, 0.2) is 42.5 Å². The van der Waals surface area contributed by atoms with Crippen LogP contribution in [0, 0.1) is 0 Å². The van der Waals surface area contributed by atoms with Gasteiger partial charge in [-0.05, 0) is 61.9 Å². The maximum absolute atomic E-state index is 13.2. The molecule has 7 heteroatoms. The first-order valence-electron chi connectivity index (χ1n) is 11.4. The summed E-state index contributed by atoms with van der Waals surface area (Å²) in [5, 5.41) is 3.65. The van der Waals surface area contributed by atoms with Gasteiger partial charge in [-0.15, -0.1) is 0 Å². The molecule has 0 saturated carbocycles. The summed E-state index contributed by atoms with van der Waals surface area (Å²) >= 11 is 0. The molecule has 3 aromatic rings. The van der Waals surface area contributed by atoms with Crippen molar-refractivity contribution in [3.8, 4) is 11.5 Å². The summed E-state index contributed by atoms with van der Waals surface area (Å²) in [7, 11) is 0. The first-order valence-corrected chi connectivity index (χ1v) is 11.4. The van der Waals surface area contributed by atoms with Crippen LogP contribution < -0.4 is 14.8 Å². The van der Waals surface area contributed by atoms with E-state index in [4.69, 9.17) is 19.2 Å². The Morgan fingerprint density at radius 1 is 1.06 bits per heavy atom. The lowest BCUT2D eigenvalue weighted by Gasteiger charge is -2.16. The fourth-order valence-electron chi connectivity index (χ4n) is 4.53. The zero-order valence-electron chi connectivity index (χ0n) is 18.6. The number of esters is 1. The smallest absolute Gasteiger partial charge is 0.339 e. The molecule has 1 amide bonds. The fraction of sp³-hybridized carbons (Fsp3) is 0.346. The van der Waals surface area contributed by atoms with E-state index in [0.29, 0.717) is 17.1 Å². The summed E-state index contributed by atoms with van der Waals surface area (Å²) in [6, 6.07) is 12.9. The van der Waals surface area contributed by atoms with E-state index in [1.54, 1.807) is 0 Å². The van der Waals surface area contributed by atoms with E-state index in [0.717, 1.165) is 59.8 Å². The van der Waals surface area contributed by atoms with Crippen LogP contribution in [0.5, 0.6) is 11.5 Å². The van der Waals surface area contributed by atoms with Gasteiger partial charge in [-0.1, -0.05) is 30.7 Å². The van der Waals surface area contributed by atoms with Crippen molar-refractivity contribution in [2.45, 2.75) is 45.1 Å². The Balaban J connectivity index is 1.30. The lowest BCUT2D eigenvalue weighted by molar-refractivity contribution is -0.124. The van der Waals surface area contributed by atoms with Crippen LogP contribution in [0.25, 0.3) is 10.9 Å². The maximum Gasteiger partial charge on any atom is 0.339 e. The highest BCUT2D eigenvalue weighted by Crippen LogP contribution is 2.34. The topological polar surface area (TPSA) is 86.8 Å². The van der Waals surface area contributed by atoms with Crippen molar-refractivity contribution < 1.29 is 23.8 Å². The largest absolute Gasteiger partial charge is 0.454 e. The second-order valence-corrected chi connectivity index (χ2v) is 8.47. The van der Waals surface area contributed by atoms with Crippen LogP contribution in [0.3, 0.4) is 0 Å². The van der Waals surface area contributed by atoms with Gasteiger partial charge in [0.05, 0.1) is 17.1 Å². The maximum atomic E-state index is 13.2. The minimum atomic E-state index is -0.474. The van der Waals surface area contributed by atoms with Crippen molar-refractivity contribution in [2.24, 2.45) is 0 Å². The summed E-state index contributed by atoms with van der Waals surface area (Å²) < 4.78 is 16.2. The van der Waals surface area contributed by atoms with Crippen LogP contribution in [-0.2, 0) is 22.4 Å². The SMILES string of the molecule is C[C@@H](NC(=O)COC(=O)c1c2c(nc3ccccc13)CCCCC2)c1ccc2c(c1)OCO2. The Labute approximate surface area is 192 Å². The van der Waals surface area contributed by atoms with Crippen molar-refractivity contribution in [1.82, 2.24) is 10.3 Å². The first kappa shape index (κ1) is 21.2. The van der Waals surface area contributed by atoms with Gasteiger partial charge in [0.25, 0.3) is 5.91 Å². The molecule has 1 aromatic heterocycles. The minimum Gasteiger partial charge on any atom is -0.454 e. The van der Waals surface area contributed by atoms with E-state index >= 15 is 0 Å². The number of hydrogen-bond acceptors (Lipinski definition) is 6. The minimum absolute atomic E-state index is 0.197. The zero-order valence-corrected chi connectivity index (χ0v) is 18.6. The molecular formula is C26H26N2O5. The van der Waals surface area contributed by atoms with Crippen molar-refractivity contribution >= 4 is 22.8 Å². The average Bonchev–Trinajstić information content (AvgIpc) is 3.18. The number of para-hydroxylation sites is 1. The zero-order chi connectivity index (χ0) is 22.8. The number of nitrogens with one attached hydrogen (secondary N) is 1. The third-order valence-corrected chi connectivity index (χ3v) is 6.23. The van der Waals surface area contributed by atoms with Gasteiger partial charge < -0.3 is 19.5 Å². The van der Waals surface area contributed by atoms with Gasteiger partial charge in [-0.2, -0.15) is 0 Å². The van der Waals surface area contributed by atoms with Crippen molar-refractivity contribution in [2.75, 3.05) is 13.4 Å². The number of carbonyl (C=O) groups excluding carboxylic acids is 2. The van der Waals surface area contributed by atoms with Gasteiger partial charge in [0.15, 0.2) is 18.1 Å². The van der Waals surface area contributed by atoms with E-state index in [1.807, 2.05) is 49.4 Å². The van der Waals surface area contributed by atoms with Gasteiger partial charge in [0.1, 0.15) is 0 Å². The van der Waals surface area contributed by atoms with Gasteiger partial charge in [0, 0.05) is 11.1 Å². The second kappa shape index (κ2) is 9.10. The molecule has 1 N–H and O–H groups in total. The first-order chi connectivity index (χ1) is 16.1. The van der Waals surface area contributed by atoms with E-state index in [1.165, 1.54) is 0 Å². The number of aromatic nitrogens is 1. The van der Waals surface area contributed by atoms with Crippen LogP contribution in [-0.4, -0.2) is 30.3 Å². The highest BCUT2D eigenvalue weighted by Gasteiger charge is 2.24. The van der Waals surface area contributed by atoms with Gasteiger partial charge in [-0.3, -0.25) is 9.78 Å². The summed E-state index contributed by atoms with van der Waals surface area (Å²) in [5.41, 5.74) is 4.15. The second-order valence-electron chi connectivity index (χ2n) is 8.47. The van der Waals surface area contributed by atoms with E-state index in [9.17, 15) is 9.59 Å². The van der Waals surface area contributed by atoms with E-state index < -0.39 is 5.97 Å². The molecule has 1 aliphatic heterocycles. The number of aryl methyl sites for hydroxylation is 1. The lowest BCUT2D eigenvalue weighted by Crippen LogP contribution is -2.31. The van der Waals surface area contributed by atoms with Crippen LogP contribution >= 0.6 is 0 Å². The van der Waals surface area contributed by atoms with E-state index in [2.05, 4.69) is 5.32 Å². The number of nitrogens with zero attached hydrogens (tertiary/aromatic N) is 1.